The Morgan fingerprint density at radius 1 is 1.25 bits per heavy atom. The van der Waals surface area contributed by atoms with Crippen molar-refractivity contribution < 1.29 is 34.4 Å². The number of benzene rings is 1. The summed E-state index contributed by atoms with van der Waals surface area (Å²) in [6.45, 7) is 6.83. The van der Waals surface area contributed by atoms with Crippen LogP contribution in [-0.2, 0) is 4.74 Å². The van der Waals surface area contributed by atoms with Crippen LogP contribution in [0.5, 0.6) is 5.75 Å². The molecule has 130 valence electrons. The number of hydrogen-bond donors (Lipinski definition) is 3. The standard InChI is InChI=1S/C16H19NO7/c1-9-7-12(23-16(20,21)22)11(8-18)10-5-6-17(13(9)10)14(19)24-15(2,3)4/h5-8,20-22H,1-4H3. The van der Waals surface area contributed by atoms with Gasteiger partial charge in [0.15, 0.2) is 6.29 Å². The molecular weight excluding hydrogens is 318 g/mol. The molecule has 0 bridgehead atoms. The zero-order valence-corrected chi connectivity index (χ0v) is 13.7. The average molecular weight is 337 g/mol. The Morgan fingerprint density at radius 3 is 2.38 bits per heavy atom. The summed E-state index contributed by atoms with van der Waals surface area (Å²) in [6, 6.07) is 2.81. The topological polar surface area (TPSA) is 118 Å². The molecule has 8 heteroatoms. The minimum absolute atomic E-state index is 0.0422. The van der Waals surface area contributed by atoms with Gasteiger partial charge in [0.05, 0.1) is 11.1 Å². The zero-order chi connectivity index (χ0) is 18.3. The van der Waals surface area contributed by atoms with Crippen molar-refractivity contribution in [3.05, 3.63) is 29.5 Å². The van der Waals surface area contributed by atoms with Gasteiger partial charge in [-0.15, -0.1) is 0 Å². The number of nitrogens with zero attached hydrogens (tertiary/aromatic N) is 1. The first kappa shape index (κ1) is 17.9. The van der Waals surface area contributed by atoms with Crippen LogP contribution in [0.15, 0.2) is 18.3 Å². The Hall–Kier alpha value is -2.42. The fourth-order valence-corrected chi connectivity index (χ4v) is 2.34. The van der Waals surface area contributed by atoms with Crippen LogP contribution in [0, 0.1) is 6.92 Å². The van der Waals surface area contributed by atoms with Crippen molar-refractivity contribution in [3.8, 4) is 5.75 Å². The predicted molar refractivity (Wildman–Crippen MR) is 83.7 cm³/mol. The maximum atomic E-state index is 12.3. The Morgan fingerprint density at radius 2 is 1.88 bits per heavy atom. The van der Waals surface area contributed by atoms with Gasteiger partial charge in [-0.3, -0.25) is 9.36 Å². The van der Waals surface area contributed by atoms with Crippen LogP contribution in [0.2, 0.25) is 0 Å². The highest BCUT2D eigenvalue weighted by Crippen LogP contribution is 2.32. The van der Waals surface area contributed by atoms with Crippen molar-refractivity contribution in [2.75, 3.05) is 0 Å². The second-order valence-electron chi connectivity index (χ2n) is 6.33. The second kappa shape index (κ2) is 5.90. The van der Waals surface area contributed by atoms with Gasteiger partial charge in [0.25, 0.3) is 0 Å². The fraction of sp³-hybridized carbons (Fsp3) is 0.375. The van der Waals surface area contributed by atoms with Crippen molar-refractivity contribution in [2.45, 2.75) is 39.5 Å². The maximum Gasteiger partial charge on any atom is 0.453 e. The number of ether oxygens (including phenoxy) is 2. The average Bonchev–Trinajstić information content (AvgIpc) is 2.80. The van der Waals surface area contributed by atoms with Crippen LogP contribution < -0.4 is 4.74 Å². The number of rotatable bonds is 3. The Labute approximate surface area is 137 Å². The lowest BCUT2D eigenvalue weighted by atomic mass is 10.1. The second-order valence-corrected chi connectivity index (χ2v) is 6.33. The molecule has 0 aliphatic carbocycles. The van der Waals surface area contributed by atoms with Crippen LogP contribution in [0.3, 0.4) is 0 Å². The van der Waals surface area contributed by atoms with Gasteiger partial charge in [0.1, 0.15) is 11.4 Å². The van der Waals surface area contributed by atoms with Gasteiger partial charge in [-0.25, -0.2) is 4.79 Å². The first-order chi connectivity index (χ1) is 10.9. The number of aryl methyl sites for hydroxylation is 1. The van der Waals surface area contributed by atoms with E-state index in [1.54, 1.807) is 27.7 Å². The van der Waals surface area contributed by atoms with Crippen molar-refractivity contribution in [3.63, 3.8) is 0 Å². The third-order valence-electron chi connectivity index (χ3n) is 3.12. The minimum atomic E-state index is -3.42. The molecule has 0 atom stereocenters. The summed E-state index contributed by atoms with van der Waals surface area (Å²) in [5.41, 5.74) is 0.186. The minimum Gasteiger partial charge on any atom is -0.443 e. The highest BCUT2D eigenvalue weighted by Gasteiger charge is 2.26. The maximum absolute atomic E-state index is 12.3. The molecule has 3 N–H and O–H groups in total. The molecule has 0 unspecified atom stereocenters. The predicted octanol–water partition coefficient (Wildman–Crippen LogP) is 1.51. The van der Waals surface area contributed by atoms with Crippen molar-refractivity contribution in [2.24, 2.45) is 0 Å². The van der Waals surface area contributed by atoms with E-state index in [0.717, 1.165) is 0 Å². The third-order valence-corrected chi connectivity index (χ3v) is 3.12. The molecule has 24 heavy (non-hydrogen) atoms. The number of hydrogen-bond acceptors (Lipinski definition) is 7. The van der Waals surface area contributed by atoms with Crippen LogP contribution >= 0.6 is 0 Å². The van der Waals surface area contributed by atoms with Crippen molar-refractivity contribution in [1.82, 2.24) is 4.57 Å². The van der Waals surface area contributed by atoms with Gasteiger partial charge in [-0.05, 0) is 45.4 Å². The SMILES string of the molecule is Cc1cc(OC(O)(O)O)c(C=O)c2ccn(C(=O)OC(C)(C)C)c12. The number of aliphatic hydroxyl groups is 3. The summed E-state index contributed by atoms with van der Waals surface area (Å²) in [5, 5.41) is 27.2. The molecule has 0 saturated heterocycles. The molecule has 8 nitrogen and oxygen atoms in total. The van der Waals surface area contributed by atoms with Crippen LogP contribution in [0.1, 0.15) is 36.7 Å². The van der Waals surface area contributed by atoms with Crippen LogP contribution in [0.4, 0.5) is 4.79 Å². The highest BCUT2D eigenvalue weighted by atomic mass is 16.9. The molecule has 1 heterocycles. The number of carbonyl (C=O) groups is 2. The number of aromatic nitrogens is 1. The molecule has 0 radical (unpaired) electrons. The molecule has 0 amide bonds. The fourth-order valence-electron chi connectivity index (χ4n) is 2.34. The van der Waals surface area contributed by atoms with Crippen molar-refractivity contribution >= 4 is 23.3 Å². The lowest BCUT2D eigenvalue weighted by Gasteiger charge is -2.21. The molecule has 1 aromatic heterocycles. The number of carbonyl (C=O) groups excluding carboxylic acids is 2. The van der Waals surface area contributed by atoms with Gasteiger partial charge in [0, 0.05) is 11.6 Å². The summed E-state index contributed by atoms with van der Waals surface area (Å²) < 4.78 is 11.1. The van der Waals surface area contributed by atoms with E-state index in [1.807, 2.05) is 0 Å². The van der Waals surface area contributed by atoms with Gasteiger partial charge in [-0.1, -0.05) is 0 Å². The van der Waals surface area contributed by atoms with Crippen LogP contribution in [-0.4, -0.2) is 44.0 Å². The van der Waals surface area contributed by atoms with E-state index in [4.69, 9.17) is 20.1 Å². The molecule has 1 aromatic carbocycles. The van der Waals surface area contributed by atoms with E-state index in [9.17, 15) is 9.59 Å². The van der Waals surface area contributed by atoms with E-state index < -0.39 is 17.9 Å². The van der Waals surface area contributed by atoms with Crippen molar-refractivity contribution in [1.29, 1.82) is 0 Å². The van der Waals surface area contributed by atoms with E-state index >= 15 is 0 Å². The van der Waals surface area contributed by atoms with E-state index in [1.165, 1.54) is 22.9 Å². The first-order valence-corrected chi connectivity index (χ1v) is 7.12. The molecule has 0 saturated carbocycles. The lowest BCUT2D eigenvalue weighted by Crippen LogP contribution is -2.35. The zero-order valence-electron chi connectivity index (χ0n) is 13.7. The molecule has 2 aromatic rings. The molecule has 2 rings (SSSR count). The third kappa shape index (κ3) is 3.73. The van der Waals surface area contributed by atoms with Gasteiger partial charge in [-0.2, -0.15) is 0 Å². The molecule has 0 aliphatic rings. The summed E-state index contributed by atoms with van der Waals surface area (Å²) in [7, 11) is 0. The molecule has 0 aliphatic heterocycles. The van der Waals surface area contributed by atoms with Crippen LogP contribution in [0.25, 0.3) is 10.9 Å². The molecule has 0 spiro atoms. The van der Waals surface area contributed by atoms with E-state index in [2.05, 4.69) is 4.74 Å². The summed E-state index contributed by atoms with van der Waals surface area (Å²) in [4.78, 5) is 23.7. The monoisotopic (exact) mass is 337 g/mol. The summed E-state index contributed by atoms with van der Waals surface area (Å²) in [6.07, 6.45) is -2.17. The highest BCUT2D eigenvalue weighted by molar-refractivity contribution is 6.03. The van der Waals surface area contributed by atoms with E-state index in [-0.39, 0.29) is 11.3 Å². The number of fused-ring (bicyclic) bond motifs is 1. The Balaban J connectivity index is 2.61. The number of aldehydes is 1. The Kier molecular flexibility index (Phi) is 4.40. The van der Waals surface area contributed by atoms with E-state index in [0.29, 0.717) is 22.8 Å². The Bertz CT molecular complexity index is 793. The van der Waals surface area contributed by atoms with Gasteiger partial charge >= 0.3 is 12.3 Å². The summed E-state index contributed by atoms with van der Waals surface area (Å²) in [5.74, 6) is -0.232. The molecule has 0 fully saturated rings. The first-order valence-electron chi connectivity index (χ1n) is 7.12. The quantitative estimate of drug-likeness (QED) is 0.574. The summed E-state index contributed by atoms with van der Waals surface area (Å²) >= 11 is 0. The van der Waals surface area contributed by atoms with Gasteiger partial charge in [0.2, 0.25) is 0 Å². The van der Waals surface area contributed by atoms with Gasteiger partial charge < -0.3 is 24.8 Å². The normalized spacial score (nSPS) is 12.3. The lowest BCUT2D eigenvalue weighted by molar-refractivity contribution is -0.419. The smallest absolute Gasteiger partial charge is 0.443 e. The largest absolute Gasteiger partial charge is 0.453 e. The molecular formula is C16H19NO7.